The lowest BCUT2D eigenvalue weighted by molar-refractivity contribution is 0.0486. The SMILES string of the molecule is CCOc1ccc([C@@H]2c3c(oc4ccc(F)cc4c3=O)C(=O)N2C[C@@H]2CCCO2)cc1OC. The van der Waals surface area contributed by atoms with Gasteiger partial charge in [-0.05, 0) is 55.7 Å². The van der Waals surface area contributed by atoms with Crippen molar-refractivity contribution < 1.29 is 27.8 Å². The van der Waals surface area contributed by atoms with E-state index < -0.39 is 17.3 Å². The van der Waals surface area contributed by atoms with Crippen molar-refractivity contribution in [2.24, 2.45) is 0 Å². The molecule has 1 fully saturated rings. The fourth-order valence-electron chi connectivity index (χ4n) is 4.66. The van der Waals surface area contributed by atoms with E-state index in [-0.39, 0.29) is 34.3 Å². The van der Waals surface area contributed by atoms with Crippen molar-refractivity contribution in [1.82, 2.24) is 4.90 Å². The van der Waals surface area contributed by atoms with Crippen LogP contribution >= 0.6 is 0 Å². The molecule has 8 heteroatoms. The van der Waals surface area contributed by atoms with Gasteiger partial charge < -0.3 is 23.5 Å². The van der Waals surface area contributed by atoms with Gasteiger partial charge in [0.05, 0.1) is 36.8 Å². The molecule has 0 unspecified atom stereocenters. The number of nitrogens with zero attached hydrogens (tertiary/aromatic N) is 1. The lowest BCUT2D eigenvalue weighted by Crippen LogP contribution is -2.36. The molecule has 2 atom stereocenters. The van der Waals surface area contributed by atoms with E-state index in [0.29, 0.717) is 36.8 Å². The third-order valence-electron chi connectivity index (χ3n) is 6.16. The summed E-state index contributed by atoms with van der Waals surface area (Å²) < 4.78 is 36.7. The topological polar surface area (TPSA) is 78.2 Å². The molecule has 2 aliphatic heterocycles. The van der Waals surface area contributed by atoms with Crippen LogP contribution in [0, 0.1) is 5.82 Å². The van der Waals surface area contributed by atoms with Crippen molar-refractivity contribution in [2.45, 2.75) is 31.9 Å². The van der Waals surface area contributed by atoms with E-state index in [2.05, 4.69) is 0 Å². The van der Waals surface area contributed by atoms with Gasteiger partial charge in [-0.15, -0.1) is 0 Å². The second kappa shape index (κ2) is 8.51. The Labute approximate surface area is 189 Å². The maximum atomic E-state index is 13.9. The molecule has 0 bridgehead atoms. The molecule has 0 N–H and O–H groups in total. The number of ether oxygens (including phenoxy) is 3. The molecule has 172 valence electrons. The molecule has 1 saturated heterocycles. The predicted octanol–water partition coefficient (Wildman–Crippen LogP) is 4.06. The first kappa shape index (κ1) is 21.5. The predicted molar refractivity (Wildman–Crippen MR) is 118 cm³/mol. The van der Waals surface area contributed by atoms with E-state index in [1.165, 1.54) is 19.2 Å². The third-order valence-corrected chi connectivity index (χ3v) is 6.16. The number of amides is 1. The van der Waals surface area contributed by atoms with Crippen molar-refractivity contribution in [3.8, 4) is 11.5 Å². The van der Waals surface area contributed by atoms with Crippen LogP contribution in [-0.4, -0.2) is 43.8 Å². The van der Waals surface area contributed by atoms with Gasteiger partial charge in [0, 0.05) is 13.2 Å². The van der Waals surface area contributed by atoms with Crippen LogP contribution in [0.5, 0.6) is 11.5 Å². The maximum absolute atomic E-state index is 13.9. The monoisotopic (exact) mass is 453 g/mol. The van der Waals surface area contributed by atoms with E-state index in [9.17, 15) is 14.0 Å². The number of fused-ring (bicyclic) bond motifs is 2. The van der Waals surface area contributed by atoms with Gasteiger partial charge in [-0.1, -0.05) is 6.07 Å². The molecule has 1 amide bonds. The van der Waals surface area contributed by atoms with Crippen molar-refractivity contribution >= 4 is 16.9 Å². The number of halogens is 1. The van der Waals surface area contributed by atoms with Crippen LogP contribution in [0.1, 0.15) is 47.5 Å². The Kier molecular flexibility index (Phi) is 5.54. The van der Waals surface area contributed by atoms with E-state index in [0.717, 1.165) is 18.9 Å². The molecule has 3 heterocycles. The van der Waals surface area contributed by atoms with Crippen molar-refractivity contribution in [2.75, 3.05) is 26.9 Å². The number of benzene rings is 2. The Balaban J connectivity index is 1.69. The van der Waals surface area contributed by atoms with E-state index in [4.69, 9.17) is 18.6 Å². The molecular weight excluding hydrogens is 429 g/mol. The minimum atomic E-state index is -0.717. The molecule has 5 rings (SSSR count). The van der Waals surface area contributed by atoms with E-state index in [1.807, 2.05) is 6.92 Å². The van der Waals surface area contributed by atoms with Gasteiger partial charge >= 0.3 is 0 Å². The van der Waals surface area contributed by atoms with Gasteiger partial charge in [0.25, 0.3) is 5.91 Å². The Hall–Kier alpha value is -3.39. The van der Waals surface area contributed by atoms with Crippen molar-refractivity contribution in [3.63, 3.8) is 0 Å². The second-order valence-electron chi connectivity index (χ2n) is 8.15. The average molecular weight is 453 g/mol. The van der Waals surface area contributed by atoms with Gasteiger partial charge in [-0.3, -0.25) is 9.59 Å². The van der Waals surface area contributed by atoms with Gasteiger partial charge in [-0.2, -0.15) is 0 Å². The van der Waals surface area contributed by atoms with Gasteiger partial charge in [0.2, 0.25) is 5.76 Å². The highest BCUT2D eigenvalue weighted by molar-refractivity contribution is 5.99. The molecule has 2 aromatic carbocycles. The first-order valence-electron chi connectivity index (χ1n) is 11.0. The lowest BCUT2D eigenvalue weighted by atomic mass is 9.97. The number of hydrogen-bond donors (Lipinski definition) is 0. The summed E-state index contributed by atoms with van der Waals surface area (Å²) in [6, 6.07) is 8.32. The number of carbonyl (C=O) groups excluding carboxylic acids is 1. The first-order valence-corrected chi connectivity index (χ1v) is 11.0. The summed E-state index contributed by atoms with van der Waals surface area (Å²) in [4.78, 5) is 28.6. The molecule has 7 nitrogen and oxygen atoms in total. The number of rotatable bonds is 6. The van der Waals surface area contributed by atoms with Crippen LogP contribution in [0.15, 0.2) is 45.6 Å². The zero-order valence-electron chi connectivity index (χ0n) is 18.4. The van der Waals surface area contributed by atoms with Crippen LogP contribution in [0.2, 0.25) is 0 Å². The zero-order chi connectivity index (χ0) is 23.1. The van der Waals surface area contributed by atoms with Crippen molar-refractivity contribution in [1.29, 1.82) is 0 Å². The Morgan fingerprint density at radius 2 is 2.00 bits per heavy atom. The normalized spacial score (nSPS) is 19.8. The highest BCUT2D eigenvalue weighted by Crippen LogP contribution is 2.41. The van der Waals surface area contributed by atoms with E-state index >= 15 is 0 Å². The molecule has 0 spiro atoms. The second-order valence-corrected chi connectivity index (χ2v) is 8.15. The summed E-state index contributed by atoms with van der Waals surface area (Å²) in [5.41, 5.74) is 0.619. The standard InChI is InChI=1S/C25H24FNO6/c1-3-31-19-8-6-14(11-20(19)30-2)22-21-23(28)17-12-15(26)7-9-18(17)33-24(21)25(29)27(22)13-16-5-4-10-32-16/h6-9,11-12,16,22H,3-5,10,13H2,1-2H3/t16-,22+/m0/s1. The maximum Gasteiger partial charge on any atom is 0.291 e. The summed E-state index contributed by atoms with van der Waals surface area (Å²) in [6.07, 6.45) is 1.62. The molecule has 1 aromatic heterocycles. The molecule has 0 aliphatic carbocycles. The number of hydrogen-bond acceptors (Lipinski definition) is 6. The largest absolute Gasteiger partial charge is 0.493 e. The third kappa shape index (κ3) is 3.64. The smallest absolute Gasteiger partial charge is 0.291 e. The highest BCUT2D eigenvalue weighted by Gasteiger charge is 2.44. The Bertz CT molecular complexity index is 1280. The zero-order valence-corrected chi connectivity index (χ0v) is 18.4. The fourth-order valence-corrected chi connectivity index (χ4v) is 4.66. The molecule has 0 radical (unpaired) electrons. The summed E-state index contributed by atoms with van der Waals surface area (Å²) in [7, 11) is 1.53. The van der Waals surface area contributed by atoms with Crippen LogP contribution < -0.4 is 14.9 Å². The Morgan fingerprint density at radius 1 is 1.15 bits per heavy atom. The van der Waals surface area contributed by atoms with Gasteiger partial charge in [0.1, 0.15) is 11.4 Å². The van der Waals surface area contributed by atoms with Crippen LogP contribution in [0.3, 0.4) is 0 Å². The lowest BCUT2D eigenvalue weighted by Gasteiger charge is -2.28. The first-order chi connectivity index (χ1) is 16.0. The molecular formula is C25H24FNO6. The quantitative estimate of drug-likeness (QED) is 0.560. The van der Waals surface area contributed by atoms with Crippen LogP contribution in [0.4, 0.5) is 4.39 Å². The van der Waals surface area contributed by atoms with Crippen molar-refractivity contribution in [3.05, 3.63) is 69.3 Å². The van der Waals surface area contributed by atoms with Crippen LogP contribution in [0.25, 0.3) is 11.0 Å². The van der Waals surface area contributed by atoms with Gasteiger partial charge in [0.15, 0.2) is 16.9 Å². The van der Waals surface area contributed by atoms with Crippen LogP contribution in [-0.2, 0) is 4.74 Å². The summed E-state index contributed by atoms with van der Waals surface area (Å²) in [6.45, 7) is 3.29. The van der Waals surface area contributed by atoms with E-state index in [1.54, 1.807) is 23.1 Å². The average Bonchev–Trinajstić information content (AvgIpc) is 3.42. The molecule has 0 saturated carbocycles. The number of methoxy groups -OCH3 is 1. The Morgan fingerprint density at radius 3 is 2.73 bits per heavy atom. The summed E-state index contributed by atoms with van der Waals surface area (Å²) >= 11 is 0. The molecule has 33 heavy (non-hydrogen) atoms. The summed E-state index contributed by atoms with van der Waals surface area (Å²) in [5.74, 6) is 0.0985. The molecule has 2 aliphatic rings. The molecule has 3 aromatic rings. The highest BCUT2D eigenvalue weighted by atomic mass is 19.1. The fraction of sp³-hybridized carbons (Fsp3) is 0.360. The van der Waals surface area contributed by atoms with Gasteiger partial charge in [-0.25, -0.2) is 4.39 Å². The number of carbonyl (C=O) groups is 1. The minimum absolute atomic E-state index is 0.0186. The minimum Gasteiger partial charge on any atom is -0.493 e. The summed E-state index contributed by atoms with van der Waals surface area (Å²) in [5, 5.41) is 0.100.